The van der Waals surface area contributed by atoms with Crippen LogP contribution in [0.4, 0.5) is 0 Å². The monoisotopic (exact) mass is 1000 g/mol. The number of nitrogens with zero attached hydrogens (tertiary/aromatic N) is 1. The van der Waals surface area contributed by atoms with E-state index in [4.69, 9.17) is 18.9 Å². The van der Waals surface area contributed by atoms with Crippen molar-refractivity contribution in [2.45, 2.75) is 283 Å². The van der Waals surface area contributed by atoms with Gasteiger partial charge in [-0.1, -0.05) is 236 Å². The quantitative estimate of drug-likeness (QED) is 0.0211. The van der Waals surface area contributed by atoms with Crippen LogP contribution in [0.5, 0.6) is 0 Å². The summed E-state index contributed by atoms with van der Waals surface area (Å²) in [6, 6.07) is 0. The van der Waals surface area contributed by atoms with Gasteiger partial charge in [0.05, 0.1) is 34.4 Å². The van der Waals surface area contributed by atoms with Crippen molar-refractivity contribution in [3.8, 4) is 0 Å². The summed E-state index contributed by atoms with van der Waals surface area (Å²) < 4.78 is 22.8. The van der Waals surface area contributed by atoms with Gasteiger partial charge in [0.1, 0.15) is 13.2 Å². The first kappa shape index (κ1) is 68.2. The Bertz CT molecular complexity index is 1300. The number of carboxylic acids is 1. The molecule has 0 aliphatic heterocycles. The third kappa shape index (κ3) is 54.9. The lowest BCUT2D eigenvalue weighted by atomic mass is 10.0. The summed E-state index contributed by atoms with van der Waals surface area (Å²) in [5.41, 5.74) is 0. The van der Waals surface area contributed by atoms with E-state index < -0.39 is 24.3 Å². The molecule has 0 aliphatic carbocycles. The highest BCUT2D eigenvalue weighted by molar-refractivity contribution is 5.71. The van der Waals surface area contributed by atoms with Crippen molar-refractivity contribution in [3.05, 3.63) is 48.6 Å². The number of esters is 2. The summed E-state index contributed by atoms with van der Waals surface area (Å²) in [7, 11) is 5.96. The molecule has 0 saturated heterocycles. The van der Waals surface area contributed by atoms with Crippen LogP contribution in [0.25, 0.3) is 0 Å². The molecule has 414 valence electrons. The molecule has 71 heavy (non-hydrogen) atoms. The number of likely N-dealkylation sites (N-methyl/N-ethyl adjacent to an activating group) is 1. The Hall–Kier alpha value is -2.75. The van der Waals surface area contributed by atoms with Crippen LogP contribution in [0, 0.1) is 0 Å². The lowest BCUT2D eigenvalue weighted by Gasteiger charge is -2.25. The number of unbranched alkanes of at least 4 members (excludes halogenated alkanes) is 32. The molecule has 9 nitrogen and oxygen atoms in total. The average molecular weight is 1000 g/mol. The molecule has 1 N–H and O–H groups in total. The van der Waals surface area contributed by atoms with Crippen molar-refractivity contribution >= 4 is 17.9 Å². The molecule has 0 fully saturated rings. The van der Waals surface area contributed by atoms with Gasteiger partial charge in [-0.15, -0.1) is 0 Å². The predicted molar refractivity (Wildman–Crippen MR) is 300 cm³/mol. The number of quaternary nitrogens is 1. The van der Waals surface area contributed by atoms with E-state index in [9.17, 15) is 19.5 Å². The Morgan fingerprint density at radius 1 is 0.437 bits per heavy atom. The van der Waals surface area contributed by atoms with Crippen LogP contribution in [0.3, 0.4) is 0 Å². The van der Waals surface area contributed by atoms with E-state index in [-0.39, 0.29) is 32.2 Å². The van der Waals surface area contributed by atoms with Crippen LogP contribution in [0.1, 0.15) is 271 Å². The molecule has 0 bridgehead atoms. The van der Waals surface area contributed by atoms with Crippen LogP contribution in [0.15, 0.2) is 48.6 Å². The van der Waals surface area contributed by atoms with Crippen molar-refractivity contribution in [2.75, 3.05) is 47.5 Å². The molecule has 0 heterocycles. The van der Waals surface area contributed by atoms with Crippen molar-refractivity contribution < 1.29 is 42.9 Å². The first-order chi connectivity index (χ1) is 34.6. The van der Waals surface area contributed by atoms with Gasteiger partial charge in [0.2, 0.25) is 0 Å². The van der Waals surface area contributed by atoms with Gasteiger partial charge >= 0.3 is 17.9 Å². The van der Waals surface area contributed by atoms with E-state index in [1.54, 1.807) is 0 Å². The molecule has 0 aliphatic rings. The van der Waals surface area contributed by atoms with Gasteiger partial charge in [-0.05, 0) is 70.6 Å². The Kier molecular flexibility index (Phi) is 51.5. The number of allylic oxidation sites excluding steroid dienone is 8. The number of carboxylic acid groups (broad SMARTS) is 1. The number of carbonyl (C=O) groups excluding carboxylic acids is 2. The summed E-state index contributed by atoms with van der Waals surface area (Å²) in [5, 5.41) is 9.69. The molecule has 0 spiro atoms. The summed E-state index contributed by atoms with van der Waals surface area (Å²) in [6.07, 6.45) is 63.6. The zero-order valence-electron chi connectivity index (χ0n) is 47.1. The lowest BCUT2D eigenvalue weighted by molar-refractivity contribution is -0.870. The molecule has 9 heteroatoms. The standard InChI is InChI=1S/C62H113NO8/c1-6-8-10-12-14-16-18-20-22-23-24-25-26-27-28-29-30-31-32-33-34-35-36-37-39-40-42-44-46-48-50-52-59(64)69-56-58(57-70-62(61(66)67)68-55-54-63(3,4)5)71-60(65)53-51-49-47-45-43-41-38-21-19-17-15-13-11-9-7-2/h9,11,15,17,21,23-24,38,58,62H,6-8,10,12-14,16,18-20,22,25-37,39-57H2,1-5H3/p+1/b11-9-,17-15-,24-23-,38-21-. The van der Waals surface area contributed by atoms with Gasteiger partial charge in [0.25, 0.3) is 6.29 Å². The first-order valence-electron chi connectivity index (χ1n) is 29.8. The minimum atomic E-state index is -1.51. The number of hydrogen-bond acceptors (Lipinski definition) is 7. The third-order valence-electron chi connectivity index (χ3n) is 13.1. The fourth-order valence-electron chi connectivity index (χ4n) is 8.49. The minimum absolute atomic E-state index is 0.184. The van der Waals surface area contributed by atoms with Crippen molar-refractivity contribution in [1.29, 1.82) is 0 Å². The number of aliphatic carboxylic acids is 1. The molecule has 0 aromatic heterocycles. The molecule has 2 unspecified atom stereocenters. The molecule has 0 aromatic rings. The summed E-state index contributed by atoms with van der Waals surface area (Å²) in [6.45, 7) is 4.77. The van der Waals surface area contributed by atoms with E-state index in [2.05, 4.69) is 62.5 Å². The molecule has 0 radical (unpaired) electrons. The highest BCUT2D eigenvalue weighted by atomic mass is 16.7. The number of ether oxygens (including phenoxy) is 4. The number of carbonyl (C=O) groups is 3. The second-order valence-electron chi connectivity index (χ2n) is 21.3. The maximum absolute atomic E-state index is 12.8. The molecular formula is C62H114NO8+. The largest absolute Gasteiger partial charge is 0.477 e. The molecule has 0 aromatic carbocycles. The lowest BCUT2D eigenvalue weighted by Crippen LogP contribution is -2.40. The van der Waals surface area contributed by atoms with Gasteiger partial charge < -0.3 is 28.5 Å². The topological polar surface area (TPSA) is 108 Å². The van der Waals surface area contributed by atoms with E-state index in [0.717, 1.165) is 70.6 Å². The van der Waals surface area contributed by atoms with Crippen molar-refractivity contribution in [2.24, 2.45) is 0 Å². The SMILES string of the molecule is CC/C=C\C/C=C\C/C=C\CCCCCCCC(=O)OC(COC(=O)CCCCCCCCCCCCCCCCCCCCC/C=C\CCCCCCCCCC)COC(OCC[N+](C)(C)C)C(=O)O. The predicted octanol–water partition coefficient (Wildman–Crippen LogP) is 17.5. The normalized spacial score (nSPS) is 13.1. The smallest absolute Gasteiger partial charge is 0.361 e. The highest BCUT2D eigenvalue weighted by Crippen LogP contribution is 2.17. The second kappa shape index (κ2) is 53.5. The first-order valence-corrected chi connectivity index (χ1v) is 29.8. The molecule has 2 atom stereocenters. The van der Waals surface area contributed by atoms with E-state index in [1.807, 2.05) is 21.1 Å². The van der Waals surface area contributed by atoms with Crippen molar-refractivity contribution in [3.63, 3.8) is 0 Å². The number of hydrogen-bond donors (Lipinski definition) is 1. The van der Waals surface area contributed by atoms with Crippen LogP contribution in [0.2, 0.25) is 0 Å². The minimum Gasteiger partial charge on any atom is -0.477 e. The molecule has 0 rings (SSSR count). The molecular weight excluding hydrogens is 887 g/mol. The Balaban J connectivity index is 4.08. The number of rotatable bonds is 55. The Morgan fingerprint density at radius 3 is 1.21 bits per heavy atom. The van der Waals surface area contributed by atoms with Crippen LogP contribution in [-0.4, -0.2) is 87.4 Å². The average Bonchev–Trinajstić information content (AvgIpc) is 3.34. The van der Waals surface area contributed by atoms with Gasteiger partial charge in [-0.25, -0.2) is 4.79 Å². The fourth-order valence-corrected chi connectivity index (χ4v) is 8.49. The van der Waals surface area contributed by atoms with Crippen LogP contribution < -0.4 is 0 Å². The zero-order chi connectivity index (χ0) is 52.0. The fraction of sp³-hybridized carbons (Fsp3) is 0.823. The van der Waals surface area contributed by atoms with Gasteiger partial charge in [-0.2, -0.15) is 0 Å². The van der Waals surface area contributed by atoms with E-state index in [1.165, 1.54) is 167 Å². The Labute approximate surface area is 438 Å². The van der Waals surface area contributed by atoms with Gasteiger partial charge in [0, 0.05) is 12.8 Å². The summed E-state index contributed by atoms with van der Waals surface area (Å²) in [4.78, 5) is 37.4. The van der Waals surface area contributed by atoms with Gasteiger partial charge in [-0.3, -0.25) is 9.59 Å². The third-order valence-corrected chi connectivity index (χ3v) is 13.1. The summed E-state index contributed by atoms with van der Waals surface area (Å²) in [5.74, 6) is -2.02. The summed E-state index contributed by atoms with van der Waals surface area (Å²) >= 11 is 0. The van der Waals surface area contributed by atoms with Crippen molar-refractivity contribution in [1.82, 2.24) is 0 Å². The van der Waals surface area contributed by atoms with Crippen LogP contribution >= 0.6 is 0 Å². The Morgan fingerprint density at radius 2 is 0.803 bits per heavy atom. The van der Waals surface area contributed by atoms with Crippen LogP contribution in [-0.2, 0) is 33.3 Å². The maximum atomic E-state index is 12.8. The van der Waals surface area contributed by atoms with Gasteiger partial charge in [0.15, 0.2) is 6.10 Å². The maximum Gasteiger partial charge on any atom is 0.361 e. The molecule has 0 saturated carbocycles. The zero-order valence-corrected chi connectivity index (χ0v) is 47.1. The van der Waals surface area contributed by atoms with E-state index in [0.29, 0.717) is 23.9 Å². The second-order valence-corrected chi connectivity index (χ2v) is 21.3. The molecule has 0 amide bonds. The van der Waals surface area contributed by atoms with E-state index >= 15 is 0 Å². The highest BCUT2D eigenvalue weighted by Gasteiger charge is 2.25.